The quantitative estimate of drug-likeness (QED) is 0.602. The van der Waals surface area contributed by atoms with Crippen molar-refractivity contribution < 1.29 is 9.53 Å². The van der Waals surface area contributed by atoms with Gasteiger partial charge in [-0.25, -0.2) is 0 Å². The number of carbonyl (C=O) groups is 1. The van der Waals surface area contributed by atoms with Crippen LogP contribution in [-0.4, -0.2) is 41.2 Å². The van der Waals surface area contributed by atoms with E-state index in [1.807, 2.05) is 55.5 Å². The standard InChI is InChI=1S/C23H26N4O2/c1-3-27(17-19-8-5-4-6-9-19)23(28)21-12-13-22(26-25-21)24-15-14-18-10-7-11-20(16-18)29-2/h4-13,16H,3,14-15,17H2,1-2H3,(H,24,26). The van der Waals surface area contributed by atoms with Crippen LogP contribution < -0.4 is 10.1 Å². The highest BCUT2D eigenvalue weighted by atomic mass is 16.5. The minimum Gasteiger partial charge on any atom is -0.497 e. The summed E-state index contributed by atoms with van der Waals surface area (Å²) in [6.45, 7) is 3.83. The molecule has 1 amide bonds. The van der Waals surface area contributed by atoms with E-state index in [4.69, 9.17) is 4.74 Å². The molecule has 3 aromatic rings. The van der Waals surface area contributed by atoms with E-state index in [1.165, 1.54) is 5.56 Å². The van der Waals surface area contributed by atoms with E-state index in [-0.39, 0.29) is 5.91 Å². The molecule has 6 heteroatoms. The van der Waals surface area contributed by atoms with Gasteiger partial charge in [0.25, 0.3) is 5.91 Å². The first kappa shape index (κ1) is 20.3. The molecule has 0 aliphatic rings. The van der Waals surface area contributed by atoms with Gasteiger partial charge in [0.05, 0.1) is 7.11 Å². The van der Waals surface area contributed by atoms with Gasteiger partial charge < -0.3 is 15.0 Å². The minimum atomic E-state index is -0.119. The molecule has 0 aliphatic heterocycles. The number of hydrogen-bond donors (Lipinski definition) is 1. The van der Waals surface area contributed by atoms with Gasteiger partial charge in [0, 0.05) is 19.6 Å². The average molecular weight is 390 g/mol. The molecule has 0 unspecified atom stereocenters. The van der Waals surface area contributed by atoms with Crippen molar-refractivity contribution in [2.75, 3.05) is 25.5 Å². The molecule has 3 rings (SSSR count). The number of anilines is 1. The highest BCUT2D eigenvalue weighted by molar-refractivity contribution is 5.92. The number of nitrogens with one attached hydrogen (secondary N) is 1. The van der Waals surface area contributed by atoms with E-state index in [0.717, 1.165) is 17.7 Å². The van der Waals surface area contributed by atoms with Gasteiger partial charge in [-0.2, -0.15) is 0 Å². The fourth-order valence-electron chi connectivity index (χ4n) is 3.00. The zero-order valence-electron chi connectivity index (χ0n) is 16.8. The van der Waals surface area contributed by atoms with E-state index in [0.29, 0.717) is 31.1 Å². The monoisotopic (exact) mass is 390 g/mol. The first-order valence-electron chi connectivity index (χ1n) is 9.73. The molecule has 1 heterocycles. The van der Waals surface area contributed by atoms with Gasteiger partial charge in [-0.15, -0.1) is 10.2 Å². The topological polar surface area (TPSA) is 67.4 Å². The van der Waals surface area contributed by atoms with Crippen LogP contribution in [0.1, 0.15) is 28.5 Å². The molecule has 0 bridgehead atoms. The zero-order chi connectivity index (χ0) is 20.5. The maximum Gasteiger partial charge on any atom is 0.274 e. The summed E-state index contributed by atoms with van der Waals surface area (Å²) in [7, 11) is 1.66. The van der Waals surface area contributed by atoms with Crippen molar-refractivity contribution in [2.45, 2.75) is 19.9 Å². The third kappa shape index (κ3) is 5.78. The van der Waals surface area contributed by atoms with Crippen LogP contribution in [0.25, 0.3) is 0 Å². The summed E-state index contributed by atoms with van der Waals surface area (Å²) < 4.78 is 5.24. The van der Waals surface area contributed by atoms with Gasteiger partial charge in [0.15, 0.2) is 5.69 Å². The molecule has 0 fully saturated rings. The predicted octanol–water partition coefficient (Wildman–Crippen LogP) is 3.80. The van der Waals surface area contributed by atoms with Gasteiger partial charge in [-0.3, -0.25) is 4.79 Å². The number of methoxy groups -OCH3 is 1. The first-order valence-corrected chi connectivity index (χ1v) is 9.73. The average Bonchev–Trinajstić information content (AvgIpc) is 2.78. The Kier molecular flexibility index (Phi) is 7.16. The van der Waals surface area contributed by atoms with E-state index >= 15 is 0 Å². The molecule has 1 N–H and O–H groups in total. The summed E-state index contributed by atoms with van der Waals surface area (Å²) in [5, 5.41) is 11.5. The molecule has 150 valence electrons. The van der Waals surface area contributed by atoms with Crippen molar-refractivity contribution in [3.05, 3.63) is 83.6 Å². The molecular formula is C23H26N4O2. The van der Waals surface area contributed by atoms with Crippen LogP contribution in [0.4, 0.5) is 5.82 Å². The summed E-state index contributed by atoms with van der Waals surface area (Å²) in [6.07, 6.45) is 0.834. The second kappa shape index (κ2) is 10.2. The smallest absolute Gasteiger partial charge is 0.274 e. The Labute approximate surface area is 171 Å². The number of aromatic nitrogens is 2. The molecule has 0 saturated heterocycles. The van der Waals surface area contributed by atoms with Crippen molar-refractivity contribution in [3.8, 4) is 5.75 Å². The summed E-state index contributed by atoms with van der Waals surface area (Å²) >= 11 is 0. The number of amides is 1. The molecule has 0 saturated carbocycles. The van der Waals surface area contributed by atoms with Crippen molar-refractivity contribution in [1.29, 1.82) is 0 Å². The normalized spacial score (nSPS) is 10.4. The van der Waals surface area contributed by atoms with Crippen LogP contribution in [-0.2, 0) is 13.0 Å². The van der Waals surface area contributed by atoms with Crippen LogP contribution in [0.3, 0.4) is 0 Å². The molecule has 6 nitrogen and oxygen atoms in total. The van der Waals surface area contributed by atoms with E-state index in [1.54, 1.807) is 24.1 Å². The van der Waals surface area contributed by atoms with Crippen LogP contribution in [0.2, 0.25) is 0 Å². The lowest BCUT2D eigenvalue weighted by molar-refractivity contribution is 0.0745. The van der Waals surface area contributed by atoms with E-state index in [9.17, 15) is 4.79 Å². The SMILES string of the molecule is CCN(Cc1ccccc1)C(=O)c1ccc(NCCc2cccc(OC)c2)nn1. The third-order valence-electron chi connectivity index (χ3n) is 4.62. The van der Waals surface area contributed by atoms with Gasteiger partial charge in [-0.1, -0.05) is 42.5 Å². The Bertz CT molecular complexity index is 914. The third-order valence-corrected chi connectivity index (χ3v) is 4.62. The Morgan fingerprint density at radius 3 is 2.48 bits per heavy atom. The fraction of sp³-hybridized carbons (Fsp3) is 0.261. The summed E-state index contributed by atoms with van der Waals surface area (Å²) in [5.41, 5.74) is 2.61. The molecule has 1 aromatic heterocycles. The number of hydrogen-bond acceptors (Lipinski definition) is 5. The molecule has 29 heavy (non-hydrogen) atoms. The molecule has 2 aromatic carbocycles. The number of carbonyl (C=O) groups excluding carboxylic acids is 1. The van der Waals surface area contributed by atoms with Crippen LogP contribution in [0.15, 0.2) is 66.7 Å². The number of nitrogens with zero attached hydrogens (tertiary/aromatic N) is 3. The van der Waals surface area contributed by atoms with Gasteiger partial charge >= 0.3 is 0 Å². The second-order valence-corrected chi connectivity index (χ2v) is 6.64. The Hall–Kier alpha value is -3.41. The maximum absolute atomic E-state index is 12.7. The molecule has 0 aliphatic carbocycles. The lowest BCUT2D eigenvalue weighted by Crippen LogP contribution is -2.31. The highest BCUT2D eigenvalue weighted by Crippen LogP contribution is 2.13. The first-order chi connectivity index (χ1) is 14.2. The Morgan fingerprint density at radius 1 is 1.00 bits per heavy atom. The van der Waals surface area contributed by atoms with Crippen molar-refractivity contribution in [2.24, 2.45) is 0 Å². The number of ether oxygens (including phenoxy) is 1. The fourth-order valence-corrected chi connectivity index (χ4v) is 3.00. The zero-order valence-corrected chi connectivity index (χ0v) is 16.8. The van der Waals surface area contributed by atoms with Gasteiger partial charge in [0.1, 0.15) is 11.6 Å². The molecule has 0 atom stereocenters. The largest absolute Gasteiger partial charge is 0.497 e. The second-order valence-electron chi connectivity index (χ2n) is 6.64. The maximum atomic E-state index is 12.7. The number of benzene rings is 2. The van der Waals surface area contributed by atoms with Gasteiger partial charge in [-0.05, 0) is 48.7 Å². The van der Waals surface area contributed by atoms with E-state index in [2.05, 4.69) is 21.6 Å². The highest BCUT2D eigenvalue weighted by Gasteiger charge is 2.16. The Balaban J connectivity index is 1.55. The summed E-state index contributed by atoms with van der Waals surface area (Å²) in [6, 6.07) is 21.4. The van der Waals surface area contributed by atoms with Crippen LogP contribution >= 0.6 is 0 Å². The molecular weight excluding hydrogens is 364 g/mol. The van der Waals surface area contributed by atoms with Crippen LogP contribution in [0.5, 0.6) is 5.75 Å². The van der Waals surface area contributed by atoms with E-state index < -0.39 is 0 Å². The Morgan fingerprint density at radius 2 is 1.79 bits per heavy atom. The minimum absolute atomic E-state index is 0.119. The van der Waals surface area contributed by atoms with Crippen molar-refractivity contribution in [3.63, 3.8) is 0 Å². The van der Waals surface area contributed by atoms with Gasteiger partial charge in [0.2, 0.25) is 0 Å². The summed E-state index contributed by atoms with van der Waals surface area (Å²) in [5.74, 6) is 1.38. The lowest BCUT2D eigenvalue weighted by atomic mass is 10.1. The molecule has 0 spiro atoms. The van der Waals surface area contributed by atoms with Crippen LogP contribution in [0, 0.1) is 0 Å². The predicted molar refractivity (Wildman–Crippen MR) is 114 cm³/mol. The van der Waals surface area contributed by atoms with Crippen molar-refractivity contribution in [1.82, 2.24) is 15.1 Å². The van der Waals surface area contributed by atoms with Crippen molar-refractivity contribution >= 4 is 11.7 Å². The number of rotatable bonds is 9. The lowest BCUT2D eigenvalue weighted by Gasteiger charge is -2.20. The summed E-state index contributed by atoms with van der Waals surface area (Å²) in [4.78, 5) is 14.5. The molecule has 0 radical (unpaired) electrons.